The molecule has 4 heteroatoms. The molecule has 1 N–H and O–H groups in total. The summed E-state index contributed by atoms with van der Waals surface area (Å²) < 4.78 is 5.61. The van der Waals surface area contributed by atoms with E-state index in [1.54, 1.807) is 24.5 Å². The fourth-order valence-corrected chi connectivity index (χ4v) is 1.40. The van der Waals surface area contributed by atoms with E-state index < -0.39 is 0 Å². The van der Waals surface area contributed by atoms with E-state index in [0.29, 0.717) is 6.42 Å². The molecule has 0 bridgehead atoms. The molecule has 2 aromatic rings. The first-order valence-electron chi connectivity index (χ1n) is 5.75. The highest BCUT2D eigenvalue weighted by molar-refractivity contribution is 5.90. The summed E-state index contributed by atoms with van der Waals surface area (Å²) in [6.45, 7) is 1.82. The van der Waals surface area contributed by atoms with Gasteiger partial charge in [-0.2, -0.15) is 0 Å². The van der Waals surface area contributed by atoms with Gasteiger partial charge in [-0.15, -0.1) is 0 Å². The SMILES string of the molecule is CCC(=O)Nc1ccc(Oc2ccncc2)cc1. The Labute approximate surface area is 106 Å². The molecule has 1 aromatic heterocycles. The van der Waals surface area contributed by atoms with E-state index in [1.165, 1.54) is 0 Å². The van der Waals surface area contributed by atoms with Crippen molar-refractivity contribution in [2.45, 2.75) is 13.3 Å². The maximum absolute atomic E-state index is 11.2. The average molecular weight is 242 g/mol. The number of ether oxygens (including phenoxy) is 1. The molecule has 18 heavy (non-hydrogen) atoms. The van der Waals surface area contributed by atoms with Gasteiger partial charge in [0.25, 0.3) is 0 Å². The minimum Gasteiger partial charge on any atom is -0.457 e. The van der Waals surface area contributed by atoms with Crippen molar-refractivity contribution < 1.29 is 9.53 Å². The number of hydrogen-bond acceptors (Lipinski definition) is 3. The molecule has 0 saturated heterocycles. The van der Waals surface area contributed by atoms with E-state index in [9.17, 15) is 4.79 Å². The van der Waals surface area contributed by atoms with E-state index in [2.05, 4.69) is 10.3 Å². The van der Waals surface area contributed by atoms with Gasteiger partial charge in [0.2, 0.25) is 5.91 Å². The van der Waals surface area contributed by atoms with Crippen LogP contribution in [0.5, 0.6) is 11.5 Å². The highest BCUT2D eigenvalue weighted by Crippen LogP contribution is 2.22. The summed E-state index contributed by atoms with van der Waals surface area (Å²) in [6, 6.07) is 10.8. The van der Waals surface area contributed by atoms with Crippen LogP contribution in [0.1, 0.15) is 13.3 Å². The molecule has 0 aliphatic heterocycles. The number of carbonyl (C=O) groups is 1. The molecule has 0 radical (unpaired) electrons. The van der Waals surface area contributed by atoms with Crippen molar-refractivity contribution in [1.29, 1.82) is 0 Å². The molecule has 1 aromatic carbocycles. The second-order valence-electron chi connectivity index (χ2n) is 3.71. The molecule has 0 unspecified atom stereocenters. The standard InChI is InChI=1S/C14H14N2O2/c1-2-14(17)16-11-3-5-12(6-4-11)18-13-7-9-15-10-8-13/h3-10H,2H2,1H3,(H,16,17). The van der Waals surface area contributed by atoms with Crippen LogP contribution in [0.4, 0.5) is 5.69 Å². The molecule has 0 aliphatic carbocycles. The van der Waals surface area contributed by atoms with Gasteiger partial charge in [-0.05, 0) is 36.4 Å². The number of rotatable bonds is 4. The molecule has 4 nitrogen and oxygen atoms in total. The van der Waals surface area contributed by atoms with Crippen molar-refractivity contribution in [3.63, 3.8) is 0 Å². The Morgan fingerprint density at radius 2 is 1.72 bits per heavy atom. The van der Waals surface area contributed by atoms with Gasteiger partial charge in [0, 0.05) is 24.5 Å². The Kier molecular flexibility index (Phi) is 3.91. The monoisotopic (exact) mass is 242 g/mol. The lowest BCUT2D eigenvalue weighted by Gasteiger charge is -2.07. The minimum absolute atomic E-state index is 0.00204. The van der Waals surface area contributed by atoms with Gasteiger partial charge in [0.05, 0.1) is 0 Å². The van der Waals surface area contributed by atoms with Gasteiger partial charge in [-0.1, -0.05) is 6.92 Å². The minimum atomic E-state index is -0.00204. The number of benzene rings is 1. The molecule has 92 valence electrons. The lowest BCUT2D eigenvalue weighted by molar-refractivity contribution is -0.115. The first-order valence-corrected chi connectivity index (χ1v) is 5.75. The van der Waals surface area contributed by atoms with Crippen molar-refractivity contribution in [3.8, 4) is 11.5 Å². The molecule has 0 atom stereocenters. The normalized spacial score (nSPS) is 9.83. The van der Waals surface area contributed by atoms with Gasteiger partial charge in [-0.25, -0.2) is 0 Å². The fraction of sp³-hybridized carbons (Fsp3) is 0.143. The summed E-state index contributed by atoms with van der Waals surface area (Å²) >= 11 is 0. The number of anilines is 1. The Hall–Kier alpha value is -2.36. The summed E-state index contributed by atoms with van der Waals surface area (Å²) in [4.78, 5) is 15.1. The van der Waals surface area contributed by atoms with Crippen LogP contribution in [-0.2, 0) is 4.79 Å². The third kappa shape index (κ3) is 3.31. The summed E-state index contributed by atoms with van der Waals surface area (Å²) in [5.41, 5.74) is 0.768. The van der Waals surface area contributed by atoms with Crippen molar-refractivity contribution >= 4 is 11.6 Å². The predicted molar refractivity (Wildman–Crippen MR) is 69.7 cm³/mol. The Bertz CT molecular complexity index is 509. The van der Waals surface area contributed by atoms with Crippen molar-refractivity contribution in [2.75, 3.05) is 5.32 Å². The topological polar surface area (TPSA) is 51.2 Å². The molecule has 1 amide bonds. The molecule has 0 aliphatic rings. The summed E-state index contributed by atoms with van der Waals surface area (Å²) in [5.74, 6) is 1.45. The summed E-state index contributed by atoms with van der Waals surface area (Å²) in [5, 5.41) is 2.78. The maximum atomic E-state index is 11.2. The van der Waals surface area contributed by atoms with Crippen molar-refractivity contribution in [2.24, 2.45) is 0 Å². The summed E-state index contributed by atoms with van der Waals surface area (Å²) in [7, 11) is 0. The zero-order valence-corrected chi connectivity index (χ0v) is 10.1. The Balaban J connectivity index is 2.02. The average Bonchev–Trinajstić information content (AvgIpc) is 2.42. The quantitative estimate of drug-likeness (QED) is 0.895. The number of pyridine rings is 1. The number of nitrogens with zero attached hydrogens (tertiary/aromatic N) is 1. The van der Waals surface area contributed by atoms with Gasteiger partial charge in [0.1, 0.15) is 11.5 Å². The first kappa shape index (κ1) is 12.1. The van der Waals surface area contributed by atoms with Crippen LogP contribution >= 0.6 is 0 Å². The third-order valence-electron chi connectivity index (χ3n) is 2.34. The first-order chi connectivity index (χ1) is 8.78. The van der Waals surface area contributed by atoms with E-state index in [4.69, 9.17) is 4.74 Å². The largest absolute Gasteiger partial charge is 0.457 e. The van der Waals surface area contributed by atoms with E-state index in [1.807, 2.05) is 31.2 Å². The number of nitrogens with one attached hydrogen (secondary N) is 1. The highest BCUT2D eigenvalue weighted by Gasteiger charge is 2.00. The molecule has 0 spiro atoms. The van der Waals surface area contributed by atoms with E-state index in [-0.39, 0.29) is 5.91 Å². The van der Waals surface area contributed by atoms with Crippen molar-refractivity contribution in [1.82, 2.24) is 4.98 Å². The lowest BCUT2D eigenvalue weighted by atomic mass is 10.3. The van der Waals surface area contributed by atoms with Crippen LogP contribution in [0.15, 0.2) is 48.8 Å². The zero-order valence-electron chi connectivity index (χ0n) is 10.1. The van der Waals surface area contributed by atoms with E-state index >= 15 is 0 Å². The highest BCUT2D eigenvalue weighted by atomic mass is 16.5. The molecule has 2 rings (SSSR count). The number of hydrogen-bond donors (Lipinski definition) is 1. The lowest BCUT2D eigenvalue weighted by Crippen LogP contribution is -2.08. The van der Waals surface area contributed by atoms with Gasteiger partial charge < -0.3 is 10.1 Å². The van der Waals surface area contributed by atoms with Gasteiger partial charge in [-0.3, -0.25) is 9.78 Å². The molecular formula is C14H14N2O2. The number of aromatic nitrogens is 1. The van der Waals surface area contributed by atoms with Gasteiger partial charge in [0.15, 0.2) is 0 Å². The van der Waals surface area contributed by atoms with Crippen LogP contribution in [0, 0.1) is 0 Å². The molecule has 1 heterocycles. The second kappa shape index (κ2) is 5.82. The van der Waals surface area contributed by atoms with Crippen LogP contribution in [0.3, 0.4) is 0 Å². The number of carbonyl (C=O) groups excluding carboxylic acids is 1. The van der Waals surface area contributed by atoms with Crippen LogP contribution < -0.4 is 10.1 Å². The predicted octanol–water partition coefficient (Wildman–Crippen LogP) is 3.22. The van der Waals surface area contributed by atoms with Crippen molar-refractivity contribution in [3.05, 3.63) is 48.8 Å². The Morgan fingerprint density at radius 3 is 2.33 bits per heavy atom. The second-order valence-corrected chi connectivity index (χ2v) is 3.71. The smallest absolute Gasteiger partial charge is 0.224 e. The third-order valence-corrected chi connectivity index (χ3v) is 2.34. The Morgan fingerprint density at radius 1 is 1.11 bits per heavy atom. The molecular weight excluding hydrogens is 228 g/mol. The van der Waals surface area contributed by atoms with Crippen LogP contribution in [-0.4, -0.2) is 10.9 Å². The van der Waals surface area contributed by atoms with Crippen LogP contribution in [0.25, 0.3) is 0 Å². The molecule has 0 saturated carbocycles. The van der Waals surface area contributed by atoms with Gasteiger partial charge >= 0.3 is 0 Å². The van der Waals surface area contributed by atoms with Crippen LogP contribution in [0.2, 0.25) is 0 Å². The zero-order chi connectivity index (χ0) is 12.8. The van der Waals surface area contributed by atoms with E-state index in [0.717, 1.165) is 17.2 Å². The molecule has 0 fully saturated rings. The fourth-order valence-electron chi connectivity index (χ4n) is 1.40. The number of amides is 1. The summed E-state index contributed by atoms with van der Waals surface area (Å²) in [6.07, 6.45) is 3.81. The maximum Gasteiger partial charge on any atom is 0.224 e.